The third-order valence-corrected chi connectivity index (χ3v) is 0.954. The molecule has 0 fully saturated rings. The minimum atomic E-state index is -1.13. The number of nitrogens with one attached hydrogen (secondary N) is 2. The molecule has 0 saturated carbocycles. The van der Waals surface area contributed by atoms with E-state index in [-0.39, 0.29) is 5.88 Å². The van der Waals surface area contributed by atoms with Crippen LogP contribution in [0.5, 0.6) is 0 Å². The van der Waals surface area contributed by atoms with Crippen molar-refractivity contribution in [1.82, 2.24) is 10.7 Å². The number of carbonyl (C=O) groups is 3. The Morgan fingerprint density at radius 2 is 1.82 bits per heavy atom. The van der Waals surface area contributed by atoms with Gasteiger partial charge in [-0.25, -0.2) is 5.84 Å². The van der Waals surface area contributed by atoms with Crippen molar-refractivity contribution in [1.29, 1.82) is 0 Å². The van der Waals surface area contributed by atoms with E-state index in [1.54, 1.807) is 10.7 Å². The highest BCUT2D eigenvalue weighted by molar-refractivity contribution is 6.39. The number of hydrogen-bond acceptors (Lipinski definition) is 4. The molecule has 11 heavy (non-hydrogen) atoms. The molecule has 0 radical (unpaired) electrons. The van der Waals surface area contributed by atoms with Gasteiger partial charge in [-0.3, -0.25) is 25.1 Å². The van der Waals surface area contributed by atoms with Gasteiger partial charge in [-0.2, -0.15) is 0 Å². The quantitative estimate of drug-likeness (QED) is 0.141. The van der Waals surface area contributed by atoms with E-state index >= 15 is 0 Å². The van der Waals surface area contributed by atoms with Gasteiger partial charge in [0.2, 0.25) is 5.91 Å². The zero-order chi connectivity index (χ0) is 8.85. The van der Waals surface area contributed by atoms with Gasteiger partial charge in [-0.15, -0.1) is 11.6 Å². The summed E-state index contributed by atoms with van der Waals surface area (Å²) in [5.74, 6) is 1.23. The van der Waals surface area contributed by atoms with Gasteiger partial charge >= 0.3 is 11.8 Å². The minimum Gasteiger partial charge on any atom is -0.287 e. The van der Waals surface area contributed by atoms with Crippen LogP contribution in [0.25, 0.3) is 0 Å². The Bertz CT molecular complexity index is 193. The molecule has 0 aliphatic carbocycles. The average Bonchev–Trinajstić information content (AvgIpc) is 2.02. The van der Waals surface area contributed by atoms with E-state index in [0.29, 0.717) is 0 Å². The van der Waals surface area contributed by atoms with E-state index in [4.69, 9.17) is 11.6 Å². The van der Waals surface area contributed by atoms with Gasteiger partial charge in [0, 0.05) is 0 Å². The van der Waals surface area contributed by atoms with Crippen LogP contribution in [-0.4, -0.2) is 23.6 Å². The van der Waals surface area contributed by atoms with Gasteiger partial charge in [0.15, 0.2) is 0 Å². The maximum atomic E-state index is 10.5. The molecular weight excluding hydrogens is 174 g/mol. The summed E-state index contributed by atoms with van der Waals surface area (Å²) in [6.45, 7) is 0. The maximum Gasteiger partial charge on any atom is 0.323 e. The Kier molecular flexibility index (Phi) is 4.16. The number of imide groups is 1. The summed E-state index contributed by atoms with van der Waals surface area (Å²) in [4.78, 5) is 31.1. The van der Waals surface area contributed by atoms with Crippen LogP contribution in [-0.2, 0) is 14.4 Å². The molecule has 4 N–H and O–H groups in total. The van der Waals surface area contributed by atoms with Crippen LogP contribution in [0.1, 0.15) is 0 Å². The summed E-state index contributed by atoms with van der Waals surface area (Å²) < 4.78 is 0. The highest BCUT2D eigenvalue weighted by Crippen LogP contribution is 1.74. The summed E-state index contributed by atoms with van der Waals surface area (Å²) in [7, 11) is 0. The molecule has 3 amide bonds. The fourth-order valence-corrected chi connectivity index (χ4v) is 0.349. The average molecular weight is 180 g/mol. The number of hydrazine groups is 1. The number of alkyl halides is 1. The summed E-state index contributed by atoms with van der Waals surface area (Å²) in [5.41, 5.74) is 1.55. The molecule has 0 aromatic heterocycles. The first kappa shape index (κ1) is 9.86. The van der Waals surface area contributed by atoms with Gasteiger partial charge < -0.3 is 0 Å². The molecule has 0 atom stereocenters. The van der Waals surface area contributed by atoms with Crippen LogP contribution in [0.15, 0.2) is 0 Å². The van der Waals surface area contributed by atoms with E-state index in [2.05, 4.69) is 5.84 Å². The van der Waals surface area contributed by atoms with Crippen molar-refractivity contribution in [3.05, 3.63) is 0 Å². The molecule has 0 spiro atoms. The fraction of sp³-hybridized carbons (Fsp3) is 0.250. The topological polar surface area (TPSA) is 101 Å². The second-order valence-corrected chi connectivity index (χ2v) is 1.75. The molecule has 62 valence electrons. The van der Waals surface area contributed by atoms with Crippen LogP contribution in [0, 0.1) is 0 Å². The van der Waals surface area contributed by atoms with Crippen molar-refractivity contribution in [3.63, 3.8) is 0 Å². The lowest BCUT2D eigenvalue weighted by atomic mass is 10.5. The Morgan fingerprint density at radius 1 is 1.27 bits per heavy atom. The standard InChI is InChI=1S/C4H6ClN3O3/c5-1-2(9)7-3(10)4(11)8-6/h1,6H2,(H,8,11)(H,7,9,10). The lowest BCUT2D eigenvalue weighted by molar-refractivity contribution is -0.141. The van der Waals surface area contributed by atoms with E-state index in [1.807, 2.05) is 0 Å². The second kappa shape index (κ2) is 4.64. The Morgan fingerprint density at radius 3 is 2.18 bits per heavy atom. The lowest BCUT2D eigenvalue weighted by Gasteiger charge is -1.98. The molecule has 0 saturated heterocycles. The van der Waals surface area contributed by atoms with E-state index in [0.717, 1.165) is 0 Å². The molecule has 0 bridgehead atoms. The van der Waals surface area contributed by atoms with Gasteiger partial charge in [0.05, 0.1) is 0 Å². The lowest BCUT2D eigenvalue weighted by Crippen LogP contribution is -2.45. The van der Waals surface area contributed by atoms with Gasteiger partial charge in [-0.1, -0.05) is 0 Å². The predicted octanol–water partition coefficient (Wildman–Crippen LogP) is -2.14. The Balaban J connectivity index is 3.88. The molecule has 0 unspecified atom stereocenters. The third-order valence-electron chi connectivity index (χ3n) is 0.712. The zero-order valence-electron chi connectivity index (χ0n) is 5.39. The number of amides is 3. The van der Waals surface area contributed by atoms with Crippen molar-refractivity contribution >= 4 is 29.3 Å². The van der Waals surface area contributed by atoms with Crippen LogP contribution in [0.2, 0.25) is 0 Å². The molecule has 0 aromatic rings. The maximum absolute atomic E-state index is 10.5. The number of rotatable bonds is 1. The Labute approximate surface area is 67.0 Å². The molecule has 0 rings (SSSR count). The third kappa shape index (κ3) is 3.54. The normalized spacial score (nSPS) is 8.55. The van der Waals surface area contributed by atoms with Crippen LogP contribution >= 0.6 is 11.6 Å². The molecular formula is C4H6ClN3O3. The number of nitrogens with two attached hydrogens (primary N) is 1. The molecule has 0 aromatic carbocycles. The van der Waals surface area contributed by atoms with Crippen molar-refractivity contribution in [2.75, 3.05) is 5.88 Å². The molecule has 7 heteroatoms. The molecule has 0 heterocycles. The fourth-order valence-electron chi connectivity index (χ4n) is 0.282. The van der Waals surface area contributed by atoms with E-state index < -0.39 is 17.7 Å². The predicted molar refractivity (Wildman–Crippen MR) is 36.2 cm³/mol. The largest absolute Gasteiger partial charge is 0.323 e. The highest BCUT2D eigenvalue weighted by atomic mass is 35.5. The van der Waals surface area contributed by atoms with Gasteiger partial charge in [0.25, 0.3) is 0 Å². The summed E-state index contributed by atoms with van der Waals surface area (Å²) >= 11 is 5.02. The van der Waals surface area contributed by atoms with Crippen LogP contribution in [0.4, 0.5) is 0 Å². The smallest absolute Gasteiger partial charge is 0.287 e. The zero-order valence-corrected chi connectivity index (χ0v) is 6.14. The Hall–Kier alpha value is -1.14. The summed E-state index contributed by atoms with van der Waals surface area (Å²) in [5, 5.41) is 1.68. The first-order valence-electron chi connectivity index (χ1n) is 2.52. The first-order valence-corrected chi connectivity index (χ1v) is 3.06. The summed E-state index contributed by atoms with van der Waals surface area (Å²) in [6, 6.07) is 0. The van der Waals surface area contributed by atoms with Crippen molar-refractivity contribution in [2.45, 2.75) is 0 Å². The van der Waals surface area contributed by atoms with Crippen molar-refractivity contribution < 1.29 is 14.4 Å². The number of carbonyl (C=O) groups excluding carboxylic acids is 3. The number of halogens is 1. The van der Waals surface area contributed by atoms with Crippen LogP contribution < -0.4 is 16.6 Å². The van der Waals surface area contributed by atoms with Crippen LogP contribution in [0.3, 0.4) is 0 Å². The van der Waals surface area contributed by atoms with E-state index in [9.17, 15) is 14.4 Å². The first-order chi connectivity index (χ1) is 5.11. The second-order valence-electron chi connectivity index (χ2n) is 1.48. The summed E-state index contributed by atoms with van der Waals surface area (Å²) in [6.07, 6.45) is 0. The van der Waals surface area contributed by atoms with Gasteiger partial charge in [-0.05, 0) is 0 Å². The van der Waals surface area contributed by atoms with Crippen molar-refractivity contribution in [3.8, 4) is 0 Å². The molecule has 0 aliphatic rings. The number of hydrogen-bond donors (Lipinski definition) is 3. The SMILES string of the molecule is NNC(=O)C(=O)NC(=O)CCl. The van der Waals surface area contributed by atoms with E-state index in [1.165, 1.54) is 0 Å². The minimum absolute atomic E-state index is 0.385. The molecule has 6 nitrogen and oxygen atoms in total. The molecule has 0 aliphatic heterocycles. The highest BCUT2D eigenvalue weighted by Gasteiger charge is 2.13. The van der Waals surface area contributed by atoms with Crippen molar-refractivity contribution in [2.24, 2.45) is 5.84 Å². The van der Waals surface area contributed by atoms with Gasteiger partial charge in [0.1, 0.15) is 5.88 Å². The monoisotopic (exact) mass is 179 g/mol.